The monoisotopic (exact) mass is 242 g/mol. The lowest BCUT2D eigenvalue weighted by Gasteiger charge is -2.37. The molecular weight excluding hydrogens is 212 g/mol. The van der Waals surface area contributed by atoms with Crippen LogP contribution in [0.25, 0.3) is 0 Å². The van der Waals surface area contributed by atoms with E-state index in [2.05, 4.69) is 20.8 Å². The minimum absolute atomic E-state index is 0.315. The maximum atomic E-state index is 8.72. The van der Waals surface area contributed by atoms with Gasteiger partial charge in [0, 0.05) is 13.2 Å². The first-order chi connectivity index (χ1) is 8.15. The zero-order chi connectivity index (χ0) is 12.7. The molecule has 0 heterocycles. The second-order valence-electron chi connectivity index (χ2n) is 6.02. The number of unbranched alkanes of at least 4 members (excludes halogenated alkanes) is 2. The van der Waals surface area contributed by atoms with E-state index in [0.29, 0.717) is 12.7 Å². The van der Waals surface area contributed by atoms with Crippen molar-refractivity contribution in [3.05, 3.63) is 0 Å². The van der Waals surface area contributed by atoms with E-state index in [1.54, 1.807) is 0 Å². The molecule has 0 bridgehead atoms. The number of ether oxygens (including phenoxy) is 1. The molecule has 0 aliphatic heterocycles. The second kappa shape index (κ2) is 8.10. The third-order valence-electron chi connectivity index (χ3n) is 4.10. The highest BCUT2D eigenvalue weighted by Crippen LogP contribution is 2.35. The Balaban J connectivity index is 2.26. The Morgan fingerprint density at radius 2 is 1.94 bits per heavy atom. The van der Waals surface area contributed by atoms with Crippen LogP contribution in [0.4, 0.5) is 0 Å². The van der Waals surface area contributed by atoms with Crippen LogP contribution in [0.15, 0.2) is 0 Å². The lowest BCUT2D eigenvalue weighted by Crippen LogP contribution is -2.34. The van der Waals surface area contributed by atoms with E-state index in [0.717, 1.165) is 43.6 Å². The summed E-state index contributed by atoms with van der Waals surface area (Å²) in [6, 6.07) is 0. The summed E-state index contributed by atoms with van der Waals surface area (Å²) in [7, 11) is 0. The van der Waals surface area contributed by atoms with Crippen LogP contribution in [0.1, 0.15) is 59.3 Å². The Morgan fingerprint density at radius 1 is 1.18 bits per heavy atom. The first kappa shape index (κ1) is 15.0. The molecule has 0 spiro atoms. The zero-order valence-electron chi connectivity index (χ0n) is 11.8. The molecule has 0 unspecified atom stereocenters. The molecule has 0 aromatic heterocycles. The van der Waals surface area contributed by atoms with Gasteiger partial charge in [-0.3, -0.25) is 0 Å². The fourth-order valence-corrected chi connectivity index (χ4v) is 2.93. The number of aliphatic hydroxyl groups excluding tert-OH is 1. The van der Waals surface area contributed by atoms with E-state index in [4.69, 9.17) is 9.84 Å². The molecule has 1 fully saturated rings. The number of hydrogen-bond donors (Lipinski definition) is 1. The van der Waals surface area contributed by atoms with Crippen molar-refractivity contribution < 1.29 is 9.84 Å². The van der Waals surface area contributed by atoms with E-state index in [1.165, 1.54) is 19.3 Å². The lowest BCUT2D eigenvalue weighted by molar-refractivity contribution is -0.0395. The minimum atomic E-state index is 0.315. The molecule has 1 aliphatic rings. The average Bonchev–Trinajstić information content (AvgIpc) is 2.28. The largest absolute Gasteiger partial charge is 0.396 e. The summed E-state index contributed by atoms with van der Waals surface area (Å²) < 4.78 is 6.09. The second-order valence-corrected chi connectivity index (χ2v) is 6.02. The fraction of sp³-hybridized carbons (Fsp3) is 1.00. The van der Waals surface area contributed by atoms with Crippen molar-refractivity contribution in [3.8, 4) is 0 Å². The highest BCUT2D eigenvalue weighted by Gasteiger charge is 2.30. The van der Waals surface area contributed by atoms with Gasteiger partial charge in [0.05, 0.1) is 6.10 Å². The molecular formula is C15H30O2. The van der Waals surface area contributed by atoms with Gasteiger partial charge < -0.3 is 9.84 Å². The van der Waals surface area contributed by atoms with Crippen molar-refractivity contribution in [1.82, 2.24) is 0 Å². The first-order valence-electron chi connectivity index (χ1n) is 7.37. The van der Waals surface area contributed by atoms with E-state index < -0.39 is 0 Å². The summed E-state index contributed by atoms with van der Waals surface area (Å²) in [6.07, 6.45) is 7.52. The van der Waals surface area contributed by atoms with Gasteiger partial charge in [0.1, 0.15) is 0 Å². The van der Waals surface area contributed by atoms with Crippen molar-refractivity contribution in [2.45, 2.75) is 65.4 Å². The van der Waals surface area contributed by atoms with Crippen LogP contribution in [0.2, 0.25) is 0 Å². The van der Waals surface area contributed by atoms with Crippen molar-refractivity contribution in [2.75, 3.05) is 13.2 Å². The third-order valence-corrected chi connectivity index (χ3v) is 4.10. The normalized spacial score (nSPS) is 29.8. The quantitative estimate of drug-likeness (QED) is 0.691. The molecule has 2 heteroatoms. The SMILES string of the molecule is CC(C)[C@@H]1CC[C@@H](C)C[C@H]1OCCCCCO. The van der Waals surface area contributed by atoms with Crippen molar-refractivity contribution >= 4 is 0 Å². The summed E-state index contributed by atoms with van der Waals surface area (Å²) in [4.78, 5) is 0. The van der Waals surface area contributed by atoms with Gasteiger partial charge in [0.15, 0.2) is 0 Å². The Bertz CT molecular complexity index is 191. The van der Waals surface area contributed by atoms with E-state index in [1.807, 2.05) is 0 Å². The summed E-state index contributed by atoms with van der Waals surface area (Å²) in [5.74, 6) is 2.32. The molecule has 0 radical (unpaired) electrons. The molecule has 0 aromatic rings. The van der Waals surface area contributed by atoms with Crippen LogP contribution < -0.4 is 0 Å². The van der Waals surface area contributed by atoms with Crippen LogP contribution >= 0.6 is 0 Å². The topological polar surface area (TPSA) is 29.5 Å². The Labute approximate surface area is 107 Å². The summed E-state index contributed by atoms with van der Waals surface area (Å²) in [6.45, 7) is 8.18. The van der Waals surface area contributed by atoms with Crippen LogP contribution in [-0.4, -0.2) is 24.4 Å². The number of hydrogen-bond acceptors (Lipinski definition) is 2. The number of aliphatic hydroxyl groups is 1. The van der Waals surface area contributed by atoms with Crippen molar-refractivity contribution in [2.24, 2.45) is 17.8 Å². The smallest absolute Gasteiger partial charge is 0.0608 e. The van der Waals surface area contributed by atoms with Gasteiger partial charge in [-0.05, 0) is 49.9 Å². The average molecular weight is 242 g/mol. The van der Waals surface area contributed by atoms with Gasteiger partial charge in [-0.1, -0.05) is 27.2 Å². The van der Waals surface area contributed by atoms with Crippen LogP contribution in [0.5, 0.6) is 0 Å². The van der Waals surface area contributed by atoms with Gasteiger partial charge in [-0.25, -0.2) is 0 Å². The summed E-state index contributed by atoms with van der Waals surface area (Å²) in [5.41, 5.74) is 0. The predicted molar refractivity (Wildman–Crippen MR) is 72.0 cm³/mol. The molecule has 102 valence electrons. The molecule has 3 atom stereocenters. The van der Waals surface area contributed by atoms with Crippen LogP contribution in [-0.2, 0) is 4.74 Å². The lowest BCUT2D eigenvalue weighted by atomic mass is 9.75. The van der Waals surface area contributed by atoms with Gasteiger partial charge in [0.2, 0.25) is 0 Å². The Kier molecular flexibility index (Phi) is 7.14. The molecule has 1 rings (SSSR count). The molecule has 0 aromatic carbocycles. The van der Waals surface area contributed by atoms with Gasteiger partial charge in [-0.15, -0.1) is 0 Å². The predicted octanol–water partition coefficient (Wildman–Crippen LogP) is 3.63. The van der Waals surface area contributed by atoms with Crippen LogP contribution in [0, 0.1) is 17.8 Å². The van der Waals surface area contributed by atoms with Gasteiger partial charge in [-0.2, -0.15) is 0 Å². The van der Waals surface area contributed by atoms with E-state index >= 15 is 0 Å². The summed E-state index contributed by atoms with van der Waals surface area (Å²) >= 11 is 0. The van der Waals surface area contributed by atoms with E-state index in [-0.39, 0.29) is 0 Å². The minimum Gasteiger partial charge on any atom is -0.396 e. The Morgan fingerprint density at radius 3 is 2.59 bits per heavy atom. The van der Waals surface area contributed by atoms with E-state index in [9.17, 15) is 0 Å². The van der Waals surface area contributed by atoms with Gasteiger partial charge >= 0.3 is 0 Å². The zero-order valence-corrected chi connectivity index (χ0v) is 11.8. The third kappa shape index (κ3) is 5.39. The standard InChI is InChI=1S/C15H30O2/c1-12(2)14-8-7-13(3)11-15(14)17-10-6-4-5-9-16/h12-16H,4-11H2,1-3H3/t13-,14+,15-/m1/s1. The molecule has 17 heavy (non-hydrogen) atoms. The highest BCUT2D eigenvalue weighted by molar-refractivity contribution is 4.81. The maximum absolute atomic E-state index is 8.72. The van der Waals surface area contributed by atoms with Crippen LogP contribution in [0.3, 0.4) is 0 Å². The van der Waals surface area contributed by atoms with Crippen molar-refractivity contribution in [3.63, 3.8) is 0 Å². The summed E-state index contributed by atoms with van der Waals surface area (Å²) in [5, 5.41) is 8.72. The van der Waals surface area contributed by atoms with Crippen molar-refractivity contribution in [1.29, 1.82) is 0 Å². The molecule has 0 amide bonds. The Hall–Kier alpha value is -0.0800. The molecule has 1 aliphatic carbocycles. The maximum Gasteiger partial charge on any atom is 0.0608 e. The first-order valence-corrected chi connectivity index (χ1v) is 7.37. The fourth-order valence-electron chi connectivity index (χ4n) is 2.93. The van der Waals surface area contributed by atoms with Gasteiger partial charge in [0.25, 0.3) is 0 Å². The molecule has 0 saturated heterocycles. The molecule has 1 saturated carbocycles. The molecule has 1 N–H and O–H groups in total. The highest BCUT2D eigenvalue weighted by atomic mass is 16.5. The molecule has 2 nitrogen and oxygen atoms in total. The number of rotatable bonds is 7.